The third-order valence-corrected chi connectivity index (χ3v) is 16.7. The molecular formula is C55H69NO18. The largest absolute Gasteiger partial charge is 0.497 e. The van der Waals surface area contributed by atoms with Gasteiger partial charge in [-0.25, -0.2) is 14.4 Å². The van der Waals surface area contributed by atoms with E-state index in [2.05, 4.69) is 0 Å². The van der Waals surface area contributed by atoms with Crippen LogP contribution in [0.15, 0.2) is 59.7 Å². The third-order valence-electron chi connectivity index (χ3n) is 16.7. The SMILES string of the molecule is COc1ccc(C2O[C@@H](C(=O)O[C@@H]3C(C)=C4[C@@H](OC(C)=O)C(=O)[C@]5(C)[C@@H](O)C[C@H]6OC[C@@]6(OC(C)=O)[C@@]5(C)[C@H](OC(=O)c5ccccc5)[C@@]5(OC(=O)C[C@@H]35)C4(C)C)[C@H](CC(C)C)N2C(=O)OC(C)(C)C)c(OC)c1. The van der Waals surface area contributed by atoms with Crippen molar-refractivity contribution in [3.8, 4) is 11.5 Å². The first kappa shape index (κ1) is 54.2. The first-order valence-corrected chi connectivity index (χ1v) is 25.0. The monoisotopic (exact) mass is 1030 g/mol. The van der Waals surface area contributed by atoms with Crippen molar-refractivity contribution in [1.29, 1.82) is 0 Å². The fraction of sp³-hybridized carbons (Fsp3) is 0.618. The molecular weight excluding hydrogens is 963 g/mol. The van der Waals surface area contributed by atoms with Crippen molar-refractivity contribution in [2.75, 3.05) is 20.8 Å². The molecule has 0 radical (unpaired) electrons. The quantitative estimate of drug-likeness (QED) is 0.143. The molecule has 5 fully saturated rings. The highest BCUT2D eigenvalue weighted by Gasteiger charge is 2.87. The molecule has 3 aliphatic carbocycles. The second-order valence-electron chi connectivity index (χ2n) is 22.7. The van der Waals surface area contributed by atoms with Crippen LogP contribution in [0.5, 0.6) is 11.5 Å². The molecule has 2 aromatic rings. The number of hydrogen-bond donors (Lipinski definition) is 1. The topological polar surface area (TPSA) is 235 Å². The predicted octanol–water partition coefficient (Wildman–Crippen LogP) is 6.54. The van der Waals surface area contributed by atoms with Gasteiger partial charge in [-0.3, -0.25) is 24.1 Å². The lowest BCUT2D eigenvalue weighted by Crippen LogP contribution is -2.87. The number of ether oxygens (including phenoxy) is 10. The van der Waals surface area contributed by atoms with E-state index in [1.165, 1.54) is 52.0 Å². The van der Waals surface area contributed by atoms with Crippen LogP contribution >= 0.6 is 0 Å². The van der Waals surface area contributed by atoms with Crippen LogP contribution in [0.3, 0.4) is 0 Å². The van der Waals surface area contributed by atoms with Crippen LogP contribution in [-0.4, -0.2) is 132 Å². The minimum atomic E-state index is -2.19. The molecule has 1 unspecified atom stereocenters. The molecule has 1 N–H and O–H groups in total. The molecule has 3 saturated heterocycles. The minimum absolute atomic E-state index is 0.0495. The molecule has 19 nitrogen and oxygen atoms in total. The number of esters is 5. The van der Waals surface area contributed by atoms with Crippen LogP contribution in [0, 0.1) is 28.1 Å². The normalized spacial score (nSPS) is 34.9. The summed E-state index contributed by atoms with van der Waals surface area (Å²) in [5.41, 5.74) is -10.3. The van der Waals surface area contributed by atoms with Gasteiger partial charge in [-0.1, -0.05) is 52.8 Å². The highest BCUT2D eigenvalue weighted by atomic mass is 16.7. The fourth-order valence-electron chi connectivity index (χ4n) is 13.3. The van der Waals surface area contributed by atoms with Gasteiger partial charge < -0.3 is 52.5 Å². The molecule has 74 heavy (non-hydrogen) atoms. The molecule has 0 aromatic heterocycles. The minimum Gasteiger partial charge on any atom is -0.497 e. The van der Waals surface area contributed by atoms with Crippen molar-refractivity contribution in [2.24, 2.45) is 28.1 Å². The summed E-state index contributed by atoms with van der Waals surface area (Å²) in [6, 6.07) is 11.8. The van der Waals surface area contributed by atoms with E-state index in [9.17, 15) is 29.1 Å². The van der Waals surface area contributed by atoms with E-state index >= 15 is 9.59 Å². The Kier molecular flexibility index (Phi) is 13.9. The van der Waals surface area contributed by atoms with Gasteiger partial charge in [-0.2, -0.15) is 0 Å². The van der Waals surface area contributed by atoms with E-state index in [4.69, 9.17) is 47.4 Å². The summed E-state index contributed by atoms with van der Waals surface area (Å²) >= 11 is 0. The van der Waals surface area contributed by atoms with E-state index in [0.29, 0.717) is 11.3 Å². The molecule has 2 saturated carbocycles. The van der Waals surface area contributed by atoms with Gasteiger partial charge in [0.25, 0.3) is 0 Å². The number of carbonyl (C=O) groups excluding carboxylic acids is 7. The molecule has 3 heterocycles. The summed E-state index contributed by atoms with van der Waals surface area (Å²) in [7, 11) is 2.92. The number of fused-ring (bicyclic) bond motifs is 4. The van der Waals surface area contributed by atoms with Crippen molar-refractivity contribution in [3.63, 3.8) is 0 Å². The first-order valence-electron chi connectivity index (χ1n) is 25.0. The Bertz CT molecular complexity index is 2660. The van der Waals surface area contributed by atoms with Gasteiger partial charge in [0.05, 0.1) is 61.7 Å². The summed E-state index contributed by atoms with van der Waals surface area (Å²) in [4.78, 5) is 104. The predicted molar refractivity (Wildman–Crippen MR) is 259 cm³/mol. The van der Waals surface area contributed by atoms with Crippen LogP contribution in [0.4, 0.5) is 4.79 Å². The zero-order chi connectivity index (χ0) is 54.4. The number of aliphatic hydroxyl groups excluding tert-OH is 1. The zero-order valence-corrected chi connectivity index (χ0v) is 44.6. The average molecular weight is 1030 g/mol. The lowest BCUT2D eigenvalue weighted by atomic mass is 9.37. The summed E-state index contributed by atoms with van der Waals surface area (Å²) < 4.78 is 62.8. The average Bonchev–Trinajstić information content (AvgIpc) is 3.88. The van der Waals surface area contributed by atoms with E-state index in [1.54, 1.807) is 77.9 Å². The maximum atomic E-state index is 16.1. The Morgan fingerprint density at radius 2 is 1.58 bits per heavy atom. The van der Waals surface area contributed by atoms with Crippen LogP contribution in [0.2, 0.25) is 0 Å². The number of Topliss-reactive ketones (excluding diaryl/α,β-unsaturated/α-hetero) is 1. The van der Waals surface area contributed by atoms with Gasteiger partial charge in [-0.05, 0) is 82.4 Å². The molecule has 402 valence electrons. The van der Waals surface area contributed by atoms with Crippen LogP contribution in [-0.2, 0) is 61.9 Å². The number of aliphatic hydroxyl groups is 1. The number of hydrogen-bond acceptors (Lipinski definition) is 18. The smallest absolute Gasteiger partial charge is 0.413 e. The van der Waals surface area contributed by atoms with E-state index in [0.717, 1.165) is 6.92 Å². The Morgan fingerprint density at radius 3 is 2.15 bits per heavy atom. The van der Waals surface area contributed by atoms with E-state index in [-0.39, 0.29) is 47.8 Å². The summed E-state index contributed by atoms with van der Waals surface area (Å²) in [5.74, 6) is -5.98. The Balaban J connectivity index is 1.37. The van der Waals surface area contributed by atoms with Crippen molar-refractivity contribution < 1.29 is 86.0 Å². The maximum absolute atomic E-state index is 16.1. The van der Waals surface area contributed by atoms with E-state index in [1.807, 2.05) is 13.8 Å². The number of rotatable bonds is 11. The second-order valence-corrected chi connectivity index (χ2v) is 22.7. The van der Waals surface area contributed by atoms with E-state index < -0.39 is 136 Å². The lowest BCUT2D eigenvalue weighted by Gasteiger charge is -2.72. The molecule has 13 atom stereocenters. The van der Waals surface area contributed by atoms with Crippen molar-refractivity contribution in [2.45, 2.75) is 168 Å². The zero-order valence-electron chi connectivity index (χ0n) is 44.6. The number of carbonyl (C=O) groups is 7. The Morgan fingerprint density at radius 1 is 0.905 bits per heavy atom. The molecule has 2 aromatic carbocycles. The lowest BCUT2D eigenvalue weighted by molar-refractivity contribution is -0.381. The van der Waals surface area contributed by atoms with Gasteiger partial charge >= 0.3 is 35.9 Å². The molecule has 3 aliphatic heterocycles. The van der Waals surface area contributed by atoms with Crippen LogP contribution in [0.1, 0.15) is 124 Å². The number of benzene rings is 2. The first-order chi connectivity index (χ1) is 34.6. The Labute approximate surface area is 430 Å². The number of ketones is 1. The third kappa shape index (κ3) is 8.13. The highest BCUT2D eigenvalue weighted by Crippen LogP contribution is 2.72. The molecule has 19 heteroatoms. The standard InChI is InChI=1S/C55H69NO18/c1-27(2)22-35-42(69-45(56(35)49(64)74-50(6,7)8)33-21-20-32(65-13)23-36(33)66-14)47(63)70-41-28(3)40-43(68-29(4)57)44(61)52(11)37(59)25-38-54(26-67-38,72-30(5)58)53(52,12)48(71-46(62)31-18-16-15-17-19-31)55(51(40,9)10)34(41)24-39(60)73-55/h15-21,23,27,34-35,37-38,41-43,45,48,59H,22,24-26H2,1-14H3/t34-,35-,37-,38+,41+,42+,43+,45?,48-,52-,53-,54-,55+/m0/s1. The summed E-state index contributed by atoms with van der Waals surface area (Å²) in [6.07, 6.45) is -12.1. The van der Waals surface area contributed by atoms with Crippen LogP contribution < -0.4 is 9.47 Å². The Hall–Kier alpha value is -6.05. The summed E-state index contributed by atoms with van der Waals surface area (Å²) in [6.45, 7) is 18.8. The van der Waals surface area contributed by atoms with Crippen molar-refractivity contribution in [3.05, 3.63) is 70.8 Å². The van der Waals surface area contributed by atoms with Crippen molar-refractivity contribution >= 4 is 41.7 Å². The fourth-order valence-corrected chi connectivity index (χ4v) is 13.3. The van der Waals surface area contributed by atoms with Gasteiger partial charge in [0, 0.05) is 37.3 Å². The summed E-state index contributed by atoms with van der Waals surface area (Å²) in [5, 5.41) is 12.5. The number of methoxy groups -OCH3 is 2. The van der Waals surface area contributed by atoms with Crippen LogP contribution in [0.25, 0.3) is 0 Å². The molecule has 1 amide bonds. The molecule has 2 bridgehead atoms. The number of nitrogens with zero attached hydrogens (tertiary/aromatic N) is 1. The van der Waals surface area contributed by atoms with Crippen molar-refractivity contribution in [1.82, 2.24) is 4.90 Å². The molecule has 1 spiro atoms. The molecule has 6 aliphatic rings. The van der Waals surface area contributed by atoms with Gasteiger partial charge in [-0.15, -0.1) is 0 Å². The van der Waals surface area contributed by atoms with Gasteiger partial charge in [0.1, 0.15) is 29.3 Å². The van der Waals surface area contributed by atoms with Gasteiger partial charge in [0.2, 0.25) is 0 Å². The van der Waals surface area contributed by atoms with Gasteiger partial charge in [0.15, 0.2) is 41.5 Å². The second kappa shape index (κ2) is 19.0. The number of amides is 1. The maximum Gasteiger partial charge on any atom is 0.413 e. The highest BCUT2D eigenvalue weighted by molar-refractivity contribution is 5.96. The molecule has 8 rings (SSSR count).